The summed E-state index contributed by atoms with van der Waals surface area (Å²) < 4.78 is 3.10. The number of nitrogens with zero attached hydrogens (tertiary/aromatic N) is 4. The summed E-state index contributed by atoms with van der Waals surface area (Å²) in [6.45, 7) is 10.1. The molecule has 206 valence electrons. The van der Waals surface area contributed by atoms with Crippen LogP contribution in [0.4, 0.5) is 4.79 Å². The normalized spacial score (nSPS) is 24.1. The van der Waals surface area contributed by atoms with Crippen LogP contribution in [0.15, 0.2) is 23.0 Å². The third-order valence-electron chi connectivity index (χ3n) is 8.90. The molecule has 4 heterocycles. The van der Waals surface area contributed by atoms with Crippen molar-refractivity contribution in [2.24, 2.45) is 17.9 Å². The van der Waals surface area contributed by atoms with Gasteiger partial charge in [-0.05, 0) is 61.8 Å². The zero-order valence-corrected chi connectivity index (χ0v) is 22.8. The van der Waals surface area contributed by atoms with Crippen LogP contribution < -0.4 is 11.0 Å². The molecular weight excluding hydrogens is 486 g/mol. The van der Waals surface area contributed by atoms with Gasteiger partial charge in [-0.1, -0.05) is 26.8 Å². The predicted octanol–water partition coefficient (Wildman–Crippen LogP) is 2.74. The van der Waals surface area contributed by atoms with E-state index in [4.69, 9.17) is 0 Å². The van der Waals surface area contributed by atoms with Crippen LogP contribution in [0.2, 0.25) is 0 Å². The van der Waals surface area contributed by atoms with Crippen LogP contribution in [-0.2, 0) is 23.1 Å². The van der Waals surface area contributed by atoms with Gasteiger partial charge in [-0.25, -0.2) is 9.59 Å². The van der Waals surface area contributed by atoms with Crippen molar-refractivity contribution in [3.63, 3.8) is 0 Å². The molecule has 3 aliphatic heterocycles. The minimum Gasteiger partial charge on any atom is -0.465 e. The van der Waals surface area contributed by atoms with Crippen LogP contribution in [0.1, 0.15) is 64.5 Å². The average Bonchev–Trinajstić information content (AvgIpc) is 3.07. The first-order chi connectivity index (χ1) is 17.9. The Kier molecular flexibility index (Phi) is 6.65. The van der Waals surface area contributed by atoms with Crippen LogP contribution >= 0.6 is 0 Å². The van der Waals surface area contributed by atoms with Crippen LogP contribution in [0.5, 0.6) is 0 Å². The second-order valence-electron chi connectivity index (χ2n) is 12.5. The molecule has 1 spiro atoms. The van der Waals surface area contributed by atoms with Crippen molar-refractivity contribution in [3.8, 4) is 0 Å². The van der Waals surface area contributed by atoms with Gasteiger partial charge in [0.05, 0.1) is 11.0 Å². The summed E-state index contributed by atoms with van der Waals surface area (Å²) in [5.74, 6) is -0.719. The Hall–Kier alpha value is -3.14. The third-order valence-corrected chi connectivity index (χ3v) is 8.90. The fourth-order valence-electron chi connectivity index (χ4n) is 7.39. The van der Waals surface area contributed by atoms with Crippen molar-refractivity contribution >= 4 is 28.9 Å². The monoisotopic (exact) mass is 525 g/mol. The number of carboxylic acid groups (broad SMARTS) is 1. The maximum atomic E-state index is 13.0. The first-order valence-corrected chi connectivity index (χ1v) is 13.7. The molecule has 5 rings (SSSR count). The standard InChI is InChI=1S/C28H39N5O5/c1-27(2,3)24-28(11-14-31(15-12-28)26(37)38)17-32(24)13-5-6-18-7-8-19-21(16-18)30(4)25(36)33(19)20-9-10-22(34)29-23(20)35/h7-8,16,20,24H,5-6,9-15,17H2,1-4H3,(H,37,38)(H,29,34,35). The molecule has 2 unspecified atom stereocenters. The van der Waals surface area contributed by atoms with E-state index in [2.05, 4.69) is 31.0 Å². The molecule has 2 atom stereocenters. The lowest BCUT2D eigenvalue weighted by Gasteiger charge is -2.64. The Morgan fingerprint density at radius 2 is 1.84 bits per heavy atom. The number of likely N-dealkylation sites (tertiary alicyclic amines) is 2. The zero-order chi connectivity index (χ0) is 27.4. The molecule has 2 N–H and O–H groups in total. The van der Waals surface area contributed by atoms with Gasteiger partial charge in [-0.15, -0.1) is 0 Å². The van der Waals surface area contributed by atoms with Gasteiger partial charge in [0.1, 0.15) is 6.04 Å². The summed E-state index contributed by atoms with van der Waals surface area (Å²) in [6, 6.07) is 5.74. The molecule has 3 fully saturated rings. The molecule has 1 aromatic carbocycles. The molecule has 0 saturated carbocycles. The maximum absolute atomic E-state index is 13.0. The first-order valence-electron chi connectivity index (χ1n) is 13.7. The number of nitrogens with one attached hydrogen (secondary N) is 1. The number of amides is 3. The number of hydrogen-bond acceptors (Lipinski definition) is 5. The Labute approximate surface area is 222 Å². The number of imide groups is 1. The SMILES string of the molecule is Cn1c(=O)n(C2CCC(=O)NC2=O)c2ccc(CCCN3CC4(CCN(C(=O)O)CC4)C3C(C)(C)C)cc21. The van der Waals surface area contributed by atoms with Crippen molar-refractivity contribution in [2.75, 3.05) is 26.2 Å². The fourth-order valence-corrected chi connectivity index (χ4v) is 7.39. The zero-order valence-electron chi connectivity index (χ0n) is 22.8. The van der Waals surface area contributed by atoms with E-state index in [0.717, 1.165) is 49.9 Å². The van der Waals surface area contributed by atoms with Crippen molar-refractivity contribution in [1.82, 2.24) is 24.3 Å². The van der Waals surface area contributed by atoms with E-state index in [9.17, 15) is 24.3 Å². The van der Waals surface area contributed by atoms with E-state index in [-0.39, 0.29) is 28.8 Å². The number of benzene rings is 1. The number of rotatable bonds is 5. The number of carbonyl (C=O) groups is 3. The van der Waals surface area contributed by atoms with Crippen molar-refractivity contribution < 1.29 is 19.5 Å². The average molecular weight is 526 g/mol. The molecule has 3 amide bonds. The van der Waals surface area contributed by atoms with Gasteiger partial charge in [-0.2, -0.15) is 0 Å². The molecule has 10 nitrogen and oxygen atoms in total. The quantitative estimate of drug-likeness (QED) is 0.580. The van der Waals surface area contributed by atoms with Gasteiger partial charge in [0.15, 0.2) is 0 Å². The van der Waals surface area contributed by atoms with Gasteiger partial charge in [-0.3, -0.25) is 28.9 Å². The third kappa shape index (κ3) is 4.52. The van der Waals surface area contributed by atoms with Crippen LogP contribution in [0, 0.1) is 10.8 Å². The molecular formula is C28H39N5O5. The number of hydrogen-bond donors (Lipinski definition) is 2. The van der Waals surface area contributed by atoms with Crippen LogP contribution in [0.25, 0.3) is 11.0 Å². The minimum absolute atomic E-state index is 0.111. The topological polar surface area (TPSA) is 117 Å². The van der Waals surface area contributed by atoms with E-state index in [1.54, 1.807) is 16.5 Å². The highest BCUT2D eigenvalue weighted by molar-refractivity contribution is 6.00. The molecule has 3 aliphatic rings. The van der Waals surface area contributed by atoms with E-state index < -0.39 is 18.0 Å². The first kappa shape index (κ1) is 26.5. The second-order valence-corrected chi connectivity index (χ2v) is 12.5. The van der Waals surface area contributed by atoms with Crippen LogP contribution in [0.3, 0.4) is 0 Å². The maximum Gasteiger partial charge on any atom is 0.407 e. The predicted molar refractivity (Wildman–Crippen MR) is 143 cm³/mol. The molecule has 0 aliphatic carbocycles. The summed E-state index contributed by atoms with van der Waals surface area (Å²) in [5, 5.41) is 11.7. The number of piperidine rings is 2. The summed E-state index contributed by atoms with van der Waals surface area (Å²) in [5.41, 5.74) is 2.70. The Morgan fingerprint density at radius 3 is 2.47 bits per heavy atom. The van der Waals surface area contributed by atoms with E-state index in [1.807, 2.05) is 18.2 Å². The molecule has 10 heteroatoms. The number of fused-ring (bicyclic) bond motifs is 1. The summed E-state index contributed by atoms with van der Waals surface area (Å²) in [6.07, 6.45) is 3.44. The molecule has 38 heavy (non-hydrogen) atoms. The number of imidazole rings is 1. The van der Waals surface area contributed by atoms with Gasteiger partial charge in [0.2, 0.25) is 11.8 Å². The highest BCUT2D eigenvalue weighted by Gasteiger charge is 2.57. The van der Waals surface area contributed by atoms with Crippen molar-refractivity contribution in [2.45, 2.75) is 71.4 Å². The number of carbonyl (C=O) groups excluding carboxylic acids is 2. The van der Waals surface area contributed by atoms with Crippen LogP contribution in [-0.4, -0.2) is 74.2 Å². The van der Waals surface area contributed by atoms with Gasteiger partial charge in [0, 0.05) is 44.6 Å². The largest absolute Gasteiger partial charge is 0.465 e. The van der Waals surface area contributed by atoms with Gasteiger partial charge >= 0.3 is 11.8 Å². The molecule has 1 aromatic heterocycles. The molecule has 0 bridgehead atoms. The molecule has 0 radical (unpaired) electrons. The Balaban J connectivity index is 1.26. The molecule has 2 aromatic rings. The highest BCUT2D eigenvalue weighted by Crippen LogP contribution is 2.52. The van der Waals surface area contributed by atoms with Gasteiger partial charge < -0.3 is 10.0 Å². The summed E-state index contributed by atoms with van der Waals surface area (Å²) >= 11 is 0. The Morgan fingerprint density at radius 1 is 1.13 bits per heavy atom. The minimum atomic E-state index is -0.815. The highest BCUT2D eigenvalue weighted by atomic mass is 16.4. The smallest absolute Gasteiger partial charge is 0.407 e. The van der Waals surface area contributed by atoms with Crippen molar-refractivity contribution in [1.29, 1.82) is 0 Å². The summed E-state index contributed by atoms with van der Waals surface area (Å²) in [7, 11) is 1.72. The Bertz CT molecular complexity index is 1330. The van der Waals surface area contributed by atoms with E-state index in [1.165, 1.54) is 4.57 Å². The van der Waals surface area contributed by atoms with Gasteiger partial charge in [0.25, 0.3) is 0 Å². The lowest BCUT2D eigenvalue weighted by Crippen LogP contribution is -2.71. The molecule has 3 saturated heterocycles. The number of aryl methyl sites for hydroxylation is 2. The lowest BCUT2D eigenvalue weighted by atomic mass is 9.57. The van der Waals surface area contributed by atoms with E-state index in [0.29, 0.717) is 31.1 Å². The fraction of sp³-hybridized carbons (Fsp3) is 0.643. The lowest BCUT2D eigenvalue weighted by molar-refractivity contribution is -0.149. The summed E-state index contributed by atoms with van der Waals surface area (Å²) in [4.78, 5) is 52.5. The number of aromatic nitrogens is 2. The van der Waals surface area contributed by atoms with Crippen molar-refractivity contribution in [3.05, 3.63) is 34.2 Å². The second kappa shape index (κ2) is 9.55. The van der Waals surface area contributed by atoms with E-state index >= 15 is 0 Å².